The molecule has 0 N–H and O–H groups in total. The van der Waals surface area contributed by atoms with E-state index in [1.807, 2.05) is 10.7 Å². The molecule has 0 spiro atoms. The minimum atomic E-state index is -3.66. The van der Waals surface area contributed by atoms with Crippen molar-refractivity contribution in [3.63, 3.8) is 0 Å². The molecule has 1 fully saturated rings. The molecule has 3 heterocycles. The Morgan fingerprint density at radius 1 is 1.12 bits per heavy atom. The third-order valence-electron chi connectivity index (χ3n) is 5.28. The Hall–Kier alpha value is -1.77. The number of likely N-dealkylation sites (tertiary alicyclic amines) is 1. The Bertz CT molecular complexity index is 860. The van der Waals surface area contributed by atoms with Crippen molar-refractivity contribution in [1.82, 2.24) is 19.0 Å². The van der Waals surface area contributed by atoms with Gasteiger partial charge in [-0.25, -0.2) is 12.8 Å². The molecule has 1 saturated heterocycles. The fourth-order valence-corrected chi connectivity index (χ4v) is 5.29. The summed E-state index contributed by atoms with van der Waals surface area (Å²) >= 11 is 0. The van der Waals surface area contributed by atoms with E-state index in [-0.39, 0.29) is 10.9 Å². The minimum Gasteiger partial charge on any atom is -0.303 e. The number of hydrogen-bond donors (Lipinski definition) is 0. The minimum absolute atomic E-state index is 0.0181. The first-order valence-corrected chi connectivity index (χ1v) is 10.5. The fourth-order valence-electron chi connectivity index (χ4n) is 3.84. The maximum atomic E-state index is 13.2. The molecule has 0 amide bonds. The molecule has 0 bridgehead atoms. The summed E-state index contributed by atoms with van der Waals surface area (Å²) in [6, 6.07) is 6.92. The van der Waals surface area contributed by atoms with Gasteiger partial charge in [0.15, 0.2) is 0 Å². The van der Waals surface area contributed by atoms with Gasteiger partial charge in [-0.2, -0.15) is 9.40 Å². The third kappa shape index (κ3) is 3.41. The molecule has 0 radical (unpaired) electrons. The highest BCUT2D eigenvalue weighted by Crippen LogP contribution is 2.28. The number of halogens is 1. The van der Waals surface area contributed by atoms with Gasteiger partial charge in [-0.1, -0.05) is 0 Å². The highest BCUT2D eigenvalue weighted by molar-refractivity contribution is 7.89. The molecule has 0 saturated carbocycles. The molecular formula is C18H23FN4O2S. The van der Waals surface area contributed by atoms with Crippen molar-refractivity contribution in [3.8, 4) is 0 Å². The van der Waals surface area contributed by atoms with Gasteiger partial charge in [-0.15, -0.1) is 0 Å². The van der Waals surface area contributed by atoms with Crippen LogP contribution in [-0.2, 0) is 16.6 Å². The lowest BCUT2D eigenvalue weighted by atomic mass is 10.1. The van der Waals surface area contributed by atoms with Crippen LogP contribution in [0, 0.1) is 5.82 Å². The van der Waals surface area contributed by atoms with Crippen molar-refractivity contribution >= 4 is 10.0 Å². The molecule has 8 heteroatoms. The van der Waals surface area contributed by atoms with Gasteiger partial charge in [0, 0.05) is 19.3 Å². The first-order valence-electron chi connectivity index (χ1n) is 9.04. The Kier molecular flexibility index (Phi) is 4.81. The number of rotatable bonds is 5. The van der Waals surface area contributed by atoms with Crippen LogP contribution in [0.25, 0.3) is 0 Å². The highest BCUT2D eigenvalue weighted by Gasteiger charge is 2.34. The second-order valence-electron chi connectivity index (χ2n) is 7.01. The molecule has 0 aliphatic carbocycles. The molecule has 0 unspecified atom stereocenters. The van der Waals surface area contributed by atoms with E-state index in [0.717, 1.165) is 31.7 Å². The lowest BCUT2D eigenvalue weighted by Crippen LogP contribution is -2.42. The summed E-state index contributed by atoms with van der Waals surface area (Å²) in [6.45, 7) is 3.88. The van der Waals surface area contributed by atoms with Crippen LogP contribution in [0.1, 0.15) is 31.0 Å². The third-order valence-corrected chi connectivity index (χ3v) is 7.11. The van der Waals surface area contributed by atoms with E-state index < -0.39 is 15.8 Å². The van der Waals surface area contributed by atoms with E-state index in [0.29, 0.717) is 13.1 Å². The first-order chi connectivity index (χ1) is 12.5. The summed E-state index contributed by atoms with van der Waals surface area (Å²) in [5.41, 5.74) is 0.897. The van der Waals surface area contributed by atoms with Crippen molar-refractivity contribution in [2.24, 2.45) is 0 Å². The van der Waals surface area contributed by atoms with E-state index in [2.05, 4.69) is 10.00 Å². The summed E-state index contributed by atoms with van der Waals surface area (Å²) in [6.07, 6.45) is 5.07. The average molecular weight is 378 g/mol. The zero-order chi connectivity index (χ0) is 18.1. The molecule has 1 atom stereocenters. The van der Waals surface area contributed by atoms with Crippen LogP contribution in [0.2, 0.25) is 0 Å². The molecule has 2 aliphatic heterocycles. The molecule has 6 nitrogen and oxygen atoms in total. The summed E-state index contributed by atoms with van der Waals surface area (Å²) in [7, 11) is -3.66. The number of hydrogen-bond acceptors (Lipinski definition) is 4. The second-order valence-corrected chi connectivity index (χ2v) is 8.95. The fraction of sp³-hybridized carbons (Fsp3) is 0.500. The standard InChI is InChI=1S/C18H23FN4O2S/c19-15-3-5-18(6-4-15)26(24,25)22-13-16-7-9-20-23(16)17(14-22)8-12-21-10-1-2-11-21/h3-7,9,17H,1-2,8,10-14H2/t17-/m0/s1. The average Bonchev–Trinajstić information content (AvgIpc) is 3.31. The number of aromatic nitrogens is 2. The van der Waals surface area contributed by atoms with Crippen molar-refractivity contribution in [2.45, 2.75) is 36.7 Å². The SMILES string of the molecule is O=S(=O)(c1ccc(F)cc1)N1Cc2ccnn2[C@@H](CCN2CCCC2)C1. The summed E-state index contributed by atoms with van der Waals surface area (Å²) in [4.78, 5) is 2.56. The quantitative estimate of drug-likeness (QED) is 0.801. The smallest absolute Gasteiger partial charge is 0.243 e. The van der Waals surface area contributed by atoms with Crippen LogP contribution in [0.4, 0.5) is 4.39 Å². The Morgan fingerprint density at radius 2 is 1.85 bits per heavy atom. The second kappa shape index (κ2) is 7.09. The zero-order valence-corrected chi connectivity index (χ0v) is 15.4. The monoisotopic (exact) mass is 378 g/mol. The maximum Gasteiger partial charge on any atom is 0.243 e. The maximum absolute atomic E-state index is 13.2. The molecule has 2 aromatic rings. The van der Waals surface area contributed by atoms with E-state index in [1.165, 1.54) is 41.4 Å². The summed E-state index contributed by atoms with van der Waals surface area (Å²) in [5.74, 6) is -0.441. The molecule has 4 rings (SSSR count). The van der Waals surface area contributed by atoms with Crippen molar-refractivity contribution in [1.29, 1.82) is 0 Å². The number of nitrogens with zero attached hydrogens (tertiary/aromatic N) is 4. The van der Waals surface area contributed by atoms with Crippen LogP contribution in [0.5, 0.6) is 0 Å². The number of fused-ring (bicyclic) bond motifs is 1. The van der Waals surface area contributed by atoms with Gasteiger partial charge in [-0.3, -0.25) is 4.68 Å². The molecular weight excluding hydrogens is 355 g/mol. The molecule has 2 aliphatic rings. The first kappa shape index (κ1) is 17.6. The van der Waals surface area contributed by atoms with Crippen LogP contribution < -0.4 is 0 Å². The van der Waals surface area contributed by atoms with Crippen LogP contribution in [0.15, 0.2) is 41.4 Å². The van der Waals surface area contributed by atoms with Crippen LogP contribution in [-0.4, -0.2) is 53.6 Å². The van der Waals surface area contributed by atoms with Gasteiger partial charge < -0.3 is 4.90 Å². The van der Waals surface area contributed by atoms with Crippen molar-refractivity contribution < 1.29 is 12.8 Å². The Balaban J connectivity index is 1.55. The van der Waals surface area contributed by atoms with E-state index in [4.69, 9.17) is 0 Å². The van der Waals surface area contributed by atoms with Gasteiger partial charge in [0.05, 0.1) is 23.2 Å². The Morgan fingerprint density at radius 3 is 2.58 bits per heavy atom. The lowest BCUT2D eigenvalue weighted by Gasteiger charge is -2.34. The van der Waals surface area contributed by atoms with Crippen molar-refractivity contribution in [2.75, 3.05) is 26.2 Å². The topological polar surface area (TPSA) is 58.4 Å². The predicted octanol–water partition coefficient (Wildman–Crippen LogP) is 2.25. The summed E-state index contributed by atoms with van der Waals surface area (Å²) < 4.78 is 42.6. The van der Waals surface area contributed by atoms with E-state index in [9.17, 15) is 12.8 Å². The highest BCUT2D eigenvalue weighted by atomic mass is 32.2. The Labute approximate surface area is 153 Å². The van der Waals surface area contributed by atoms with Crippen LogP contribution >= 0.6 is 0 Å². The van der Waals surface area contributed by atoms with Gasteiger partial charge >= 0.3 is 0 Å². The summed E-state index contributed by atoms with van der Waals surface area (Å²) in [5, 5.41) is 4.41. The van der Waals surface area contributed by atoms with Crippen molar-refractivity contribution in [3.05, 3.63) is 48.0 Å². The van der Waals surface area contributed by atoms with Crippen LogP contribution in [0.3, 0.4) is 0 Å². The largest absolute Gasteiger partial charge is 0.303 e. The molecule has 140 valence electrons. The van der Waals surface area contributed by atoms with E-state index >= 15 is 0 Å². The predicted molar refractivity (Wildman–Crippen MR) is 95.6 cm³/mol. The van der Waals surface area contributed by atoms with Gasteiger partial charge in [0.1, 0.15) is 5.82 Å². The van der Waals surface area contributed by atoms with Gasteiger partial charge in [0.2, 0.25) is 10.0 Å². The lowest BCUT2D eigenvalue weighted by molar-refractivity contribution is 0.226. The van der Waals surface area contributed by atoms with Gasteiger partial charge in [-0.05, 0) is 62.7 Å². The molecule has 26 heavy (non-hydrogen) atoms. The van der Waals surface area contributed by atoms with E-state index in [1.54, 1.807) is 6.20 Å². The van der Waals surface area contributed by atoms with Gasteiger partial charge in [0.25, 0.3) is 0 Å². The number of sulfonamides is 1. The molecule has 1 aromatic heterocycles. The number of benzene rings is 1. The zero-order valence-electron chi connectivity index (χ0n) is 14.6. The molecule has 1 aromatic carbocycles. The normalized spacial score (nSPS) is 21.8.